The molecule has 2 amide bonds. The first-order chi connectivity index (χ1) is 12.4. The lowest BCUT2D eigenvalue weighted by Gasteiger charge is -2.14. The van der Waals surface area contributed by atoms with Gasteiger partial charge in [-0.2, -0.15) is 0 Å². The van der Waals surface area contributed by atoms with Gasteiger partial charge in [-0.25, -0.2) is 4.39 Å². The number of carbonyl (C=O) groups excluding carboxylic acids is 2. The average Bonchev–Trinajstić information content (AvgIpc) is 2.66. The van der Waals surface area contributed by atoms with Gasteiger partial charge in [0.15, 0.2) is 11.5 Å². The fourth-order valence-electron chi connectivity index (χ4n) is 2.14. The molecule has 9 heteroatoms. The van der Waals surface area contributed by atoms with Gasteiger partial charge in [0.05, 0.1) is 26.9 Å². The van der Waals surface area contributed by atoms with E-state index in [1.165, 1.54) is 45.6 Å². The van der Waals surface area contributed by atoms with Crippen LogP contribution in [0.1, 0.15) is 20.7 Å². The minimum Gasteiger partial charge on any atom is -0.493 e. The summed E-state index contributed by atoms with van der Waals surface area (Å²) in [5.41, 5.74) is 4.30. The number of halogens is 2. The number of ether oxygens (including phenoxy) is 3. The van der Waals surface area contributed by atoms with Crippen molar-refractivity contribution in [2.75, 3.05) is 21.3 Å². The Morgan fingerprint density at radius 3 is 2.04 bits per heavy atom. The molecule has 0 atom stereocenters. The molecule has 0 bridgehead atoms. The van der Waals surface area contributed by atoms with Crippen LogP contribution >= 0.6 is 15.9 Å². The predicted molar refractivity (Wildman–Crippen MR) is 95.1 cm³/mol. The normalized spacial score (nSPS) is 10.0. The lowest BCUT2D eigenvalue weighted by molar-refractivity contribution is 0.0844. The SMILES string of the molecule is COc1cc(C(=O)NNC(=O)c2cc(Br)ccc2F)cc(OC)c1OC. The summed E-state index contributed by atoms with van der Waals surface area (Å²) in [6.45, 7) is 0. The number of amides is 2. The van der Waals surface area contributed by atoms with Crippen molar-refractivity contribution in [1.29, 1.82) is 0 Å². The zero-order valence-electron chi connectivity index (χ0n) is 14.2. The zero-order chi connectivity index (χ0) is 19.3. The summed E-state index contributed by atoms with van der Waals surface area (Å²) < 4.78 is 29.7. The van der Waals surface area contributed by atoms with Crippen LogP contribution in [0.5, 0.6) is 17.2 Å². The van der Waals surface area contributed by atoms with Gasteiger partial charge in [-0.3, -0.25) is 20.4 Å². The molecule has 2 aromatic rings. The molecule has 2 N–H and O–H groups in total. The lowest BCUT2D eigenvalue weighted by atomic mass is 10.1. The summed E-state index contributed by atoms with van der Waals surface area (Å²) in [4.78, 5) is 24.3. The number of carbonyl (C=O) groups is 2. The van der Waals surface area contributed by atoms with Gasteiger partial charge in [-0.1, -0.05) is 15.9 Å². The van der Waals surface area contributed by atoms with Crippen LogP contribution in [0.2, 0.25) is 0 Å². The minimum atomic E-state index is -0.801. The van der Waals surface area contributed by atoms with Crippen LogP contribution in [0, 0.1) is 5.82 Å². The number of rotatable bonds is 5. The quantitative estimate of drug-likeness (QED) is 0.717. The molecule has 0 aliphatic rings. The fourth-order valence-corrected chi connectivity index (χ4v) is 2.50. The van der Waals surface area contributed by atoms with Gasteiger partial charge in [0.25, 0.3) is 11.8 Å². The third-order valence-electron chi connectivity index (χ3n) is 3.39. The molecule has 0 fully saturated rings. The maximum Gasteiger partial charge on any atom is 0.272 e. The van der Waals surface area contributed by atoms with Gasteiger partial charge < -0.3 is 14.2 Å². The van der Waals surface area contributed by atoms with Gasteiger partial charge in [-0.15, -0.1) is 0 Å². The number of methoxy groups -OCH3 is 3. The maximum absolute atomic E-state index is 13.7. The van der Waals surface area contributed by atoms with Crippen molar-refractivity contribution in [3.8, 4) is 17.2 Å². The van der Waals surface area contributed by atoms with Crippen LogP contribution in [0.25, 0.3) is 0 Å². The van der Waals surface area contributed by atoms with Crippen LogP contribution in [0.15, 0.2) is 34.8 Å². The highest BCUT2D eigenvalue weighted by Gasteiger charge is 2.18. The van der Waals surface area contributed by atoms with Crippen molar-refractivity contribution >= 4 is 27.7 Å². The Labute approximate surface area is 157 Å². The molecular formula is C17H16BrFN2O5. The Balaban J connectivity index is 2.17. The second-order valence-corrected chi connectivity index (χ2v) is 5.86. The van der Waals surface area contributed by atoms with E-state index in [0.717, 1.165) is 6.07 Å². The highest BCUT2D eigenvalue weighted by molar-refractivity contribution is 9.10. The largest absolute Gasteiger partial charge is 0.493 e. The van der Waals surface area contributed by atoms with E-state index in [1.807, 2.05) is 0 Å². The Hall–Kier alpha value is -2.81. The van der Waals surface area contributed by atoms with Crippen molar-refractivity contribution in [1.82, 2.24) is 10.9 Å². The average molecular weight is 427 g/mol. The fraction of sp³-hybridized carbons (Fsp3) is 0.176. The van der Waals surface area contributed by atoms with E-state index in [-0.39, 0.29) is 22.6 Å². The van der Waals surface area contributed by atoms with E-state index >= 15 is 0 Å². The smallest absolute Gasteiger partial charge is 0.272 e. The predicted octanol–water partition coefficient (Wildman–Crippen LogP) is 2.69. The number of hydrogen-bond donors (Lipinski definition) is 2. The van der Waals surface area contributed by atoms with E-state index < -0.39 is 17.6 Å². The van der Waals surface area contributed by atoms with Gasteiger partial charge in [-0.05, 0) is 30.3 Å². The van der Waals surface area contributed by atoms with Crippen molar-refractivity contribution in [2.45, 2.75) is 0 Å². The van der Waals surface area contributed by atoms with Crippen LogP contribution in [0.3, 0.4) is 0 Å². The molecule has 2 rings (SSSR count). The topological polar surface area (TPSA) is 85.9 Å². The van der Waals surface area contributed by atoms with Crippen LogP contribution in [-0.2, 0) is 0 Å². The molecule has 7 nitrogen and oxygen atoms in total. The summed E-state index contributed by atoms with van der Waals surface area (Å²) >= 11 is 3.15. The van der Waals surface area contributed by atoms with Crippen molar-refractivity contribution < 1.29 is 28.2 Å². The first kappa shape index (κ1) is 19.5. The Morgan fingerprint density at radius 1 is 0.923 bits per heavy atom. The molecule has 0 aliphatic carbocycles. The molecule has 26 heavy (non-hydrogen) atoms. The van der Waals surface area contributed by atoms with Crippen LogP contribution in [0.4, 0.5) is 4.39 Å². The molecule has 138 valence electrons. The Kier molecular flexibility index (Phi) is 6.40. The molecule has 0 unspecified atom stereocenters. The highest BCUT2D eigenvalue weighted by Crippen LogP contribution is 2.38. The van der Waals surface area contributed by atoms with E-state index in [1.54, 1.807) is 0 Å². The molecule has 0 aliphatic heterocycles. The van der Waals surface area contributed by atoms with Gasteiger partial charge in [0.2, 0.25) is 5.75 Å². The second-order valence-electron chi connectivity index (χ2n) is 4.95. The Bertz CT molecular complexity index is 819. The molecule has 0 saturated carbocycles. The molecular weight excluding hydrogens is 411 g/mol. The third kappa shape index (κ3) is 4.23. The first-order valence-electron chi connectivity index (χ1n) is 7.27. The number of hydrogen-bond acceptors (Lipinski definition) is 5. The van der Waals surface area contributed by atoms with Crippen LogP contribution in [-0.4, -0.2) is 33.1 Å². The van der Waals surface area contributed by atoms with E-state index in [4.69, 9.17) is 14.2 Å². The van der Waals surface area contributed by atoms with Crippen molar-refractivity contribution in [3.63, 3.8) is 0 Å². The van der Waals surface area contributed by atoms with Gasteiger partial charge in [0.1, 0.15) is 5.82 Å². The van der Waals surface area contributed by atoms with E-state index in [0.29, 0.717) is 10.2 Å². The number of hydrazine groups is 1. The zero-order valence-corrected chi connectivity index (χ0v) is 15.8. The minimum absolute atomic E-state index is 0.148. The standard InChI is InChI=1S/C17H16BrFN2O5/c1-24-13-6-9(7-14(25-2)15(13)26-3)16(22)20-21-17(23)11-8-10(18)4-5-12(11)19/h4-8H,1-3H3,(H,20,22)(H,21,23). The van der Waals surface area contributed by atoms with E-state index in [2.05, 4.69) is 26.8 Å². The monoisotopic (exact) mass is 426 g/mol. The molecule has 2 aromatic carbocycles. The third-order valence-corrected chi connectivity index (χ3v) is 3.88. The molecule has 0 aromatic heterocycles. The second kappa shape index (κ2) is 8.52. The highest BCUT2D eigenvalue weighted by atomic mass is 79.9. The lowest BCUT2D eigenvalue weighted by Crippen LogP contribution is -2.42. The summed E-state index contributed by atoms with van der Waals surface area (Å²) in [6, 6.07) is 6.74. The summed E-state index contributed by atoms with van der Waals surface area (Å²) in [5, 5.41) is 0. The van der Waals surface area contributed by atoms with Gasteiger partial charge in [0, 0.05) is 10.0 Å². The van der Waals surface area contributed by atoms with Crippen LogP contribution < -0.4 is 25.1 Å². The molecule has 0 spiro atoms. The summed E-state index contributed by atoms with van der Waals surface area (Å²) in [7, 11) is 4.26. The summed E-state index contributed by atoms with van der Waals surface area (Å²) in [6.07, 6.45) is 0. The first-order valence-corrected chi connectivity index (χ1v) is 8.06. The number of benzene rings is 2. The molecule has 0 saturated heterocycles. The van der Waals surface area contributed by atoms with Gasteiger partial charge >= 0.3 is 0 Å². The molecule has 0 radical (unpaired) electrons. The van der Waals surface area contributed by atoms with Crippen molar-refractivity contribution in [3.05, 3.63) is 51.7 Å². The maximum atomic E-state index is 13.7. The molecule has 0 heterocycles. The van der Waals surface area contributed by atoms with E-state index in [9.17, 15) is 14.0 Å². The summed E-state index contributed by atoms with van der Waals surface area (Å²) in [5.74, 6) is -1.28. The number of nitrogens with one attached hydrogen (secondary N) is 2. The van der Waals surface area contributed by atoms with Crippen molar-refractivity contribution in [2.24, 2.45) is 0 Å². The Morgan fingerprint density at radius 2 is 1.50 bits per heavy atom.